The predicted octanol–water partition coefficient (Wildman–Crippen LogP) is 3.94. The second kappa shape index (κ2) is 8.38. The molecule has 0 amide bonds. The molecule has 2 rings (SSSR count). The third-order valence-corrected chi connectivity index (χ3v) is 2.52. The topological polar surface area (TPSA) is 0 Å². The van der Waals surface area contributed by atoms with Crippen molar-refractivity contribution in [3.63, 3.8) is 0 Å². The monoisotopic (exact) mass is 226 g/mol. The fraction of sp³-hybridized carbons (Fsp3) is 0.385. The van der Waals surface area contributed by atoms with Gasteiger partial charge in [0, 0.05) is 0 Å². The molecule has 0 saturated carbocycles. The maximum Gasteiger partial charge on any atom is 4.00 e. The van der Waals surface area contributed by atoms with E-state index in [0.29, 0.717) is 0 Å². The smallest absolute Gasteiger partial charge is 0.358 e. The van der Waals surface area contributed by atoms with Crippen molar-refractivity contribution in [3.8, 4) is 0 Å². The van der Waals surface area contributed by atoms with Crippen molar-refractivity contribution in [1.82, 2.24) is 0 Å². The van der Waals surface area contributed by atoms with Crippen molar-refractivity contribution in [2.45, 2.75) is 32.6 Å². The van der Waals surface area contributed by atoms with Crippen LogP contribution < -0.4 is 0 Å². The van der Waals surface area contributed by atoms with E-state index < -0.39 is 0 Å². The molecular formula is C13H22Ti. The van der Waals surface area contributed by atoms with E-state index in [1.807, 2.05) is 0 Å². The van der Waals surface area contributed by atoms with Gasteiger partial charge in [-0.25, -0.2) is 6.07 Å². The molecule has 0 nitrogen and oxygen atoms in total. The van der Waals surface area contributed by atoms with Gasteiger partial charge in [-0.05, 0) is 0 Å². The molecule has 1 aromatic carbocycles. The molecule has 0 saturated heterocycles. The van der Waals surface area contributed by atoms with Gasteiger partial charge in [-0.1, -0.05) is 32.6 Å². The molecule has 0 bridgehead atoms. The molecule has 0 fully saturated rings. The Morgan fingerprint density at radius 3 is 2.21 bits per heavy atom. The van der Waals surface area contributed by atoms with Gasteiger partial charge in [-0.15, -0.1) is 0 Å². The third kappa shape index (κ3) is 3.67. The fourth-order valence-corrected chi connectivity index (χ4v) is 1.89. The molecule has 0 N–H and O–H groups in total. The van der Waals surface area contributed by atoms with Crippen LogP contribution in [0.25, 0.3) is 0 Å². The van der Waals surface area contributed by atoms with Crippen LogP contribution >= 0.6 is 0 Å². The van der Waals surface area contributed by atoms with E-state index in [4.69, 9.17) is 0 Å². The van der Waals surface area contributed by atoms with Crippen LogP contribution in [0.5, 0.6) is 0 Å². The first-order chi connectivity index (χ1) is 4.88. The second-order valence-corrected chi connectivity index (χ2v) is 3.23. The number of rotatable bonds is 0. The Hall–Kier alpha value is 0.0643. The number of hydrogen-bond donors (Lipinski definition) is 0. The van der Waals surface area contributed by atoms with Crippen molar-refractivity contribution in [2.24, 2.45) is 0 Å². The maximum absolute atomic E-state index is 2.30. The van der Waals surface area contributed by atoms with Crippen LogP contribution in [0.4, 0.5) is 0 Å². The quantitative estimate of drug-likeness (QED) is 0.464. The van der Waals surface area contributed by atoms with Crippen LogP contribution in [-0.4, -0.2) is 0 Å². The van der Waals surface area contributed by atoms with Crippen molar-refractivity contribution in [3.05, 3.63) is 51.1 Å². The summed E-state index contributed by atoms with van der Waals surface area (Å²) in [6.07, 6.45) is 5.45. The Morgan fingerprint density at radius 2 is 1.64 bits per heavy atom. The van der Waals surface area contributed by atoms with Crippen molar-refractivity contribution in [1.29, 1.82) is 0 Å². The minimum absolute atomic E-state index is 0. The number of hydrogen-bond acceptors (Lipinski definition) is 0. The SMILES string of the molecule is C[c-]1ccc2c1CCCC2.[CH3-].[CH3-].[CH3-].[Ti+4]. The Bertz CT molecular complexity index is 235. The first-order valence-corrected chi connectivity index (χ1v) is 4.12. The van der Waals surface area contributed by atoms with Gasteiger partial charge in [-0.2, -0.15) is 22.8 Å². The van der Waals surface area contributed by atoms with Crippen LogP contribution in [-0.2, 0) is 34.6 Å². The third-order valence-electron chi connectivity index (χ3n) is 2.52. The molecule has 1 aromatic rings. The fourth-order valence-electron chi connectivity index (χ4n) is 1.89. The van der Waals surface area contributed by atoms with Gasteiger partial charge < -0.3 is 22.3 Å². The summed E-state index contributed by atoms with van der Waals surface area (Å²) >= 11 is 0. The predicted molar refractivity (Wildman–Crippen MR) is 62.7 cm³/mol. The zero-order valence-electron chi connectivity index (χ0n) is 9.98. The Morgan fingerprint density at radius 1 is 1.07 bits per heavy atom. The summed E-state index contributed by atoms with van der Waals surface area (Å²) < 4.78 is 0. The molecule has 0 atom stereocenters. The summed E-state index contributed by atoms with van der Waals surface area (Å²) in [4.78, 5) is 0. The standard InChI is InChI=1S/C10H13.3CH3.Ti/c1-8-6-7-9-4-2-3-5-10(8)9;;;;/h6-7H,2-5H2,1H3;3*1H3;/q4*-1;+4. The van der Waals surface area contributed by atoms with Crippen LogP contribution in [0.2, 0.25) is 0 Å². The average molecular weight is 226 g/mol. The minimum atomic E-state index is 0. The molecule has 0 heterocycles. The first kappa shape index (κ1) is 19.6. The summed E-state index contributed by atoms with van der Waals surface area (Å²) in [6, 6.07) is 4.56. The van der Waals surface area contributed by atoms with E-state index in [9.17, 15) is 0 Å². The van der Waals surface area contributed by atoms with Crippen LogP contribution in [0.1, 0.15) is 29.5 Å². The molecule has 0 aromatic heterocycles. The van der Waals surface area contributed by atoms with Gasteiger partial charge in [-0.3, -0.25) is 0 Å². The van der Waals surface area contributed by atoms with Gasteiger partial charge in [0.15, 0.2) is 0 Å². The summed E-state index contributed by atoms with van der Waals surface area (Å²) in [7, 11) is 0. The summed E-state index contributed by atoms with van der Waals surface area (Å²) in [5.41, 5.74) is 4.77. The van der Waals surface area contributed by atoms with Crippen LogP contribution in [0, 0.1) is 29.2 Å². The minimum Gasteiger partial charge on any atom is -0.358 e. The molecule has 0 aliphatic heterocycles. The van der Waals surface area contributed by atoms with Crippen molar-refractivity contribution < 1.29 is 21.7 Å². The van der Waals surface area contributed by atoms with Gasteiger partial charge >= 0.3 is 21.7 Å². The normalized spacial score (nSPS) is 12.1. The molecular weight excluding hydrogens is 204 g/mol. The van der Waals surface area contributed by atoms with Crippen LogP contribution in [0.15, 0.2) is 12.1 Å². The van der Waals surface area contributed by atoms with Crippen molar-refractivity contribution in [2.75, 3.05) is 0 Å². The second-order valence-electron chi connectivity index (χ2n) is 3.23. The maximum atomic E-state index is 2.30. The molecule has 0 spiro atoms. The Balaban J connectivity index is -0.000000302. The van der Waals surface area contributed by atoms with E-state index in [1.54, 1.807) is 11.1 Å². The van der Waals surface area contributed by atoms with Crippen LogP contribution in [0.3, 0.4) is 0 Å². The van der Waals surface area contributed by atoms with E-state index in [2.05, 4.69) is 19.1 Å². The average Bonchev–Trinajstić information content (AvgIpc) is 2.34. The zero-order chi connectivity index (χ0) is 6.97. The van der Waals surface area contributed by atoms with Gasteiger partial charge in [0.2, 0.25) is 0 Å². The summed E-state index contributed by atoms with van der Waals surface area (Å²) in [5.74, 6) is 0. The van der Waals surface area contributed by atoms with E-state index in [1.165, 1.54) is 31.2 Å². The van der Waals surface area contributed by atoms with E-state index >= 15 is 0 Å². The van der Waals surface area contributed by atoms with E-state index in [-0.39, 0.29) is 44.0 Å². The zero-order valence-corrected chi connectivity index (χ0v) is 11.5. The Kier molecular flexibility index (Phi) is 11.7. The molecule has 0 unspecified atom stereocenters. The molecule has 78 valence electrons. The molecule has 14 heavy (non-hydrogen) atoms. The summed E-state index contributed by atoms with van der Waals surface area (Å²) in [6.45, 7) is 2.23. The van der Waals surface area contributed by atoms with Gasteiger partial charge in [0.25, 0.3) is 0 Å². The molecule has 1 aliphatic rings. The summed E-state index contributed by atoms with van der Waals surface area (Å²) in [5, 5.41) is 0. The first-order valence-electron chi connectivity index (χ1n) is 4.12. The Labute approximate surface area is 105 Å². The number of aryl methyl sites for hydroxylation is 2. The van der Waals surface area contributed by atoms with Gasteiger partial charge in [0.05, 0.1) is 0 Å². The largest absolute Gasteiger partial charge is 4.00 e. The molecule has 1 aliphatic carbocycles. The van der Waals surface area contributed by atoms with Gasteiger partial charge in [0.1, 0.15) is 0 Å². The number of fused-ring (bicyclic) bond motifs is 1. The molecule has 1 heteroatoms. The van der Waals surface area contributed by atoms with Crippen molar-refractivity contribution >= 4 is 0 Å². The molecule has 0 radical (unpaired) electrons. The van der Waals surface area contributed by atoms with E-state index in [0.717, 1.165) is 0 Å².